The summed E-state index contributed by atoms with van der Waals surface area (Å²) in [6.45, 7) is 3.22. The summed E-state index contributed by atoms with van der Waals surface area (Å²) in [5.74, 6) is 0.740. The molecule has 0 radical (unpaired) electrons. The molecule has 96 valence electrons. The minimum Gasteiger partial charge on any atom is -0.340 e. The summed E-state index contributed by atoms with van der Waals surface area (Å²) in [4.78, 5) is 7.93. The van der Waals surface area contributed by atoms with Gasteiger partial charge in [-0.3, -0.25) is 0 Å². The standard InChI is InChI=1S/C14H18FN3/c1-2-6-14(7-3-8-16-14)13-17-11-5-4-10(15)9-12(11)18-13/h4-5,9,16H,2-3,6-8H2,1H3,(H,17,18). The van der Waals surface area contributed by atoms with Crippen molar-refractivity contribution in [2.24, 2.45) is 0 Å². The Morgan fingerprint density at radius 3 is 3.06 bits per heavy atom. The van der Waals surface area contributed by atoms with Crippen LogP contribution in [0.4, 0.5) is 4.39 Å². The summed E-state index contributed by atoms with van der Waals surface area (Å²) in [5.41, 5.74) is 1.59. The molecule has 2 heterocycles. The largest absolute Gasteiger partial charge is 0.340 e. The zero-order valence-corrected chi connectivity index (χ0v) is 10.6. The zero-order chi connectivity index (χ0) is 12.6. The first-order valence-electron chi connectivity index (χ1n) is 6.64. The van der Waals surface area contributed by atoms with Gasteiger partial charge in [-0.15, -0.1) is 0 Å². The second-order valence-corrected chi connectivity index (χ2v) is 5.11. The van der Waals surface area contributed by atoms with E-state index in [4.69, 9.17) is 0 Å². The number of halogens is 1. The lowest BCUT2D eigenvalue weighted by molar-refractivity contribution is 0.338. The maximum atomic E-state index is 13.2. The van der Waals surface area contributed by atoms with Gasteiger partial charge in [-0.2, -0.15) is 0 Å². The van der Waals surface area contributed by atoms with Crippen LogP contribution in [0.5, 0.6) is 0 Å². The van der Waals surface area contributed by atoms with Crippen molar-refractivity contribution in [2.75, 3.05) is 6.54 Å². The highest BCUT2D eigenvalue weighted by Gasteiger charge is 2.37. The Morgan fingerprint density at radius 1 is 1.44 bits per heavy atom. The van der Waals surface area contributed by atoms with Crippen LogP contribution < -0.4 is 5.32 Å². The lowest BCUT2D eigenvalue weighted by Gasteiger charge is -2.26. The van der Waals surface area contributed by atoms with Crippen LogP contribution >= 0.6 is 0 Å². The molecule has 1 aliphatic rings. The van der Waals surface area contributed by atoms with Gasteiger partial charge in [-0.05, 0) is 44.0 Å². The topological polar surface area (TPSA) is 40.7 Å². The number of imidazole rings is 1. The van der Waals surface area contributed by atoms with Gasteiger partial charge in [0.25, 0.3) is 0 Å². The molecule has 1 aromatic carbocycles. The van der Waals surface area contributed by atoms with Gasteiger partial charge in [0.15, 0.2) is 0 Å². The third kappa shape index (κ3) is 1.81. The van der Waals surface area contributed by atoms with Gasteiger partial charge in [0.2, 0.25) is 0 Å². The Morgan fingerprint density at radius 2 is 2.33 bits per heavy atom. The summed E-state index contributed by atoms with van der Waals surface area (Å²) in [5, 5.41) is 3.58. The Bertz CT molecular complexity index is 555. The second-order valence-electron chi connectivity index (χ2n) is 5.11. The highest BCUT2D eigenvalue weighted by molar-refractivity contribution is 5.75. The monoisotopic (exact) mass is 247 g/mol. The minimum atomic E-state index is -0.221. The van der Waals surface area contributed by atoms with Crippen molar-refractivity contribution >= 4 is 11.0 Å². The number of fused-ring (bicyclic) bond motifs is 1. The number of aromatic nitrogens is 2. The van der Waals surface area contributed by atoms with Crippen LogP contribution in [0.25, 0.3) is 11.0 Å². The van der Waals surface area contributed by atoms with Crippen molar-refractivity contribution in [2.45, 2.75) is 38.1 Å². The second kappa shape index (κ2) is 4.35. The predicted molar refractivity (Wildman–Crippen MR) is 69.9 cm³/mol. The lowest BCUT2D eigenvalue weighted by atomic mass is 9.91. The fourth-order valence-corrected chi connectivity index (χ4v) is 2.98. The molecule has 1 atom stereocenters. The van der Waals surface area contributed by atoms with Crippen molar-refractivity contribution in [1.29, 1.82) is 0 Å². The smallest absolute Gasteiger partial charge is 0.127 e. The highest BCUT2D eigenvalue weighted by atomic mass is 19.1. The molecule has 3 rings (SSSR count). The molecule has 0 saturated carbocycles. The molecular formula is C14H18FN3. The van der Waals surface area contributed by atoms with E-state index in [2.05, 4.69) is 22.2 Å². The summed E-state index contributed by atoms with van der Waals surface area (Å²) < 4.78 is 13.2. The fraction of sp³-hybridized carbons (Fsp3) is 0.500. The van der Waals surface area contributed by atoms with E-state index in [1.165, 1.54) is 18.6 Å². The fourth-order valence-electron chi connectivity index (χ4n) is 2.98. The van der Waals surface area contributed by atoms with Gasteiger partial charge < -0.3 is 10.3 Å². The molecule has 18 heavy (non-hydrogen) atoms. The summed E-state index contributed by atoms with van der Waals surface area (Å²) >= 11 is 0. The van der Waals surface area contributed by atoms with Gasteiger partial charge in [0.1, 0.15) is 11.6 Å². The molecule has 1 aromatic heterocycles. The average Bonchev–Trinajstić information content (AvgIpc) is 2.95. The molecule has 1 unspecified atom stereocenters. The number of aromatic amines is 1. The van der Waals surface area contributed by atoms with Crippen LogP contribution in [0.1, 0.15) is 38.4 Å². The van der Waals surface area contributed by atoms with E-state index in [0.717, 1.165) is 42.7 Å². The molecule has 1 fully saturated rings. The number of benzene rings is 1. The number of hydrogen-bond donors (Lipinski definition) is 2. The van der Waals surface area contributed by atoms with E-state index >= 15 is 0 Å². The van der Waals surface area contributed by atoms with Crippen molar-refractivity contribution in [1.82, 2.24) is 15.3 Å². The van der Waals surface area contributed by atoms with Crippen molar-refractivity contribution in [3.63, 3.8) is 0 Å². The van der Waals surface area contributed by atoms with Gasteiger partial charge in [0, 0.05) is 0 Å². The predicted octanol–water partition coefficient (Wildman–Crippen LogP) is 3.08. The molecule has 0 bridgehead atoms. The number of H-pyrrole nitrogens is 1. The van der Waals surface area contributed by atoms with E-state index in [9.17, 15) is 4.39 Å². The number of rotatable bonds is 3. The van der Waals surface area contributed by atoms with Crippen LogP contribution in [0.3, 0.4) is 0 Å². The van der Waals surface area contributed by atoms with Crippen molar-refractivity contribution in [3.05, 3.63) is 29.8 Å². The van der Waals surface area contributed by atoms with Gasteiger partial charge in [0.05, 0.1) is 16.6 Å². The van der Waals surface area contributed by atoms with Crippen LogP contribution in [0, 0.1) is 5.82 Å². The molecule has 2 N–H and O–H groups in total. The number of nitrogens with one attached hydrogen (secondary N) is 2. The SMILES string of the molecule is CCCC1(c2nc3ccc(F)cc3[nH]2)CCCN1. The van der Waals surface area contributed by atoms with E-state index in [-0.39, 0.29) is 11.4 Å². The number of nitrogens with zero attached hydrogens (tertiary/aromatic N) is 1. The Labute approximate surface area is 106 Å². The zero-order valence-electron chi connectivity index (χ0n) is 10.6. The molecule has 1 aliphatic heterocycles. The quantitative estimate of drug-likeness (QED) is 0.875. The number of hydrogen-bond acceptors (Lipinski definition) is 2. The van der Waals surface area contributed by atoms with E-state index < -0.39 is 0 Å². The van der Waals surface area contributed by atoms with Crippen LogP contribution in [0.15, 0.2) is 18.2 Å². The molecule has 1 saturated heterocycles. The maximum Gasteiger partial charge on any atom is 0.127 e. The van der Waals surface area contributed by atoms with Crippen LogP contribution in [-0.4, -0.2) is 16.5 Å². The molecule has 4 heteroatoms. The van der Waals surface area contributed by atoms with Crippen LogP contribution in [0.2, 0.25) is 0 Å². The first-order valence-corrected chi connectivity index (χ1v) is 6.64. The Hall–Kier alpha value is -1.42. The molecule has 3 nitrogen and oxygen atoms in total. The van der Waals surface area contributed by atoms with Gasteiger partial charge in [-0.1, -0.05) is 13.3 Å². The molecular weight excluding hydrogens is 229 g/mol. The van der Waals surface area contributed by atoms with Gasteiger partial charge >= 0.3 is 0 Å². The van der Waals surface area contributed by atoms with Crippen molar-refractivity contribution in [3.8, 4) is 0 Å². The van der Waals surface area contributed by atoms with E-state index in [1.807, 2.05) is 0 Å². The average molecular weight is 247 g/mol. The summed E-state index contributed by atoms with van der Waals surface area (Å²) in [6.07, 6.45) is 4.45. The third-order valence-corrected chi connectivity index (χ3v) is 3.82. The summed E-state index contributed by atoms with van der Waals surface area (Å²) in [6, 6.07) is 4.71. The van der Waals surface area contributed by atoms with Gasteiger partial charge in [-0.25, -0.2) is 9.37 Å². The Kier molecular flexibility index (Phi) is 2.82. The molecule has 0 aliphatic carbocycles. The first-order chi connectivity index (χ1) is 8.73. The molecule has 2 aromatic rings. The minimum absolute atomic E-state index is 0.0375. The highest BCUT2D eigenvalue weighted by Crippen LogP contribution is 2.34. The molecule has 0 spiro atoms. The Balaban J connectivity index is 2.06. The lowest BCUT2D eigenvalue weighted by Crippen LogP contribution is -2.37. The third-order valence-electron chi connectivity index (χ3n) is 3.82. The van der Waals surface area contributed by atoms with E-state index in [0.29, 0.717) is 0 Å². The van der Waals surface area contributed by atoms with E-state index in [1.54, 1.807) is 6.07 Å². The first kappa shape index (κ1) is 11.7. The normalized spacial score (nSPS) is 23.9. The maximum absolute atomic E-state index is 13.2. The summed E-state index contributed by atoms with van der Waals surface area (Å²) in [7, 11) is 0. The van der Waals surface area contributed by atoms with Crippen molar-refractivity contribution < 1.29 is 4.39 Å². The molecule has 0 amide bonds. The van der Waals surface area contributed by atoms with Crippen LogP contribution in [-0.2, 0) is 5.54 Å².